The summed E-state index contributed by atoms with van der Waals surface area (Å²) in [4.78, 5) is 0. The fraction of sp³-hybridized carbons (Fsp3) is 0.600. The largest absolute Gasteiger partial charge is 0.494 e. The number of nitrogens with one attached hydrogen (secondary N) is 1. The Bertz CT molecular complexity index is 355. The fourth-order valence-corrected chi connectivity index (χ4v) is 1.82. The molecule has 1 aromatic rings. The van der Waals surface area contributed by atoms with Crippen LogP contribution in [0.1, 0.15) is 33.1 Å². The van der Waals surface area contributed by atoms with Crippen LogP contribution in [0.4, 0.5) is 5.69 Å². The van der Waals surface area contributed by atoms with Gasteiger partial charge in [0.25, 0.3) is 0 Å². The maximum Gasteiger partial charge on any atom is 0.142 e. The molecule has 0 spiro atoms. The molecule has 108 valence electrons. The predicted octanol–water partition coefficient (Wildman–Crippen LogP) is 3.06. The van der Waals surface area contributed by atoms with Crippen molar-refractivity contribution in [3.63, 3.8) is 0 Å². The van der Waals surface area contributed by atoms with Crippen LogP contribution in [0.25, 0.3) is 0 Å². The predicted molar refractivity (Wildman–Crippen MR) is 78.2 cm³/mol. The van der Waals surface area contributed by atoms with Crippen LogP contribution in [0.2, 0.25) is 0 Å². The van der Waals surface area contributed by atoms with Gasteiger partial charge in [-0.3, -0.25) is 0 Å². The van der Waals surface area contributed by atoms with Gasteiger partial charge < -0.3 is 19.9 Å². The van der Waals surface area contributed by atoms with E-state index >= 15 is 0 Å². The third-order valence-corrected chi connectivity index (χ3v) is 2.71. The summed E-state index contributed by atoms with van der Waals surface area (Å²) in [5.74, 6) is 1.71. The molecule has 4 nitrogen and oxygen atoms in total. The van der Waals surface area contributed by atoms with E-state index in [0.717, 1.165) is 43.0 Å². The van der Waals surface area contributed by atoms with E-state index in [0.29, 0.717) is 13.2 Å². The highest BCUT2D eigenvalue weighted by atomic mass is 16.5. The molecule has 0 unspecified atom stereocenters. The van der Waals surface area contributed by atoms with Crippen LogP contribution in [-0.2, 0) is 0 Å². The molecule has 0 fully saturated rings. The van der Waals surface area contributed by atoms with Crippen molar-refractivity contribution in [1.82, 2.24) is 0 Å². The number of aliphatic hydroxyl groups excluding tert-OH is 1. The molecule has 0 heterocycles. The number of hydrogen-bond donors (Lipinski definition) is 2. The Hall–Kier alpha value is -1.42. The van der Waals surface area contributed by atoms with Crippen molar-refractivity contribution in [1.29, 1.82) is 0 Å². The van der Waals surface area contributed by atoms with Crippen molar-refractivity contribution in [2.45, 2.75) is 33.1 Å². The third kappa shape index (κ3) is 5.83. The van der Waals surface area contributed by atoms with Crippen molar-refractivity contribution in [2.24, 2.45) is 0 Å². The summed E-state index contributed by atoms with van der Waals surface area (Å²) >= 11 is 0. The molecule has 0 saturated heterocycles. The first-order valence-electron chi connectivity index (χ1n) is 7.06. The topological polar surface area (TPSA) is 50.7 Å². The molecule has 4 heteroatoms. The zero-order valence-corrected chi connectivity index (χ0v) is 11.9. The number of aliphatic hydroxyl groups is 1. The Labute approximate surface area is 115 Å². The monoisotopic (exact) mass is 267 g/mol. The van der Waals surface area contributed by atoms with E-state index in [4.69, 9.17) is 14.6 Å². The molecule has 0 aliphatic carbocycles. The first kappa shape index (κ1) is 15.6. The summed E-state index contributed by atoms with van der Waals surface area (Å²) in [7, 11) is 0. The van der Waals surface area contributed by atoms with Crippen LogP contribution in [-0.4, -0.2) is 31.5 Å². The number of ether oxygens (including phenoxy) is 2. The van der Waals surface area contributed by atoms with Crippen molar-refractivity contribution in [3.8, 4) is 11.5 Å². The minimum absolute atomic E-state index is 0.268. The summed E-state index contributed by atoms with van der Waals surface area (Å²) in [6.45, 7) is 6.39. The van der Waals surface area contributed by atoms with Gasteiger partial charge in [0.05, 0.1) is 18.9 Å². The van der Waals surface area contributed by atoms with Crippen molar-refractivity contribution < 1.29 is 14.6 Å². The summed E-state index contributed by atoms with van der Waals surface area (Å²) < 4.78 is 11.1. The molecule has 0 saturated carbocycles. The number of unbranched alkanes of at least 4 members (excludes halogenated alkanes) is 2. The van der Waals surface area contributed by atoms with E-state index in [1.807, 2.05) is 32.0 Å². The average Bonchev–Trinajstić information content (AvgIpc) is 2.42. The molecular weight excluding hydrogens is 242 g/mol. The zero-order valence-electron chi connectivity index (χ0n) is 11.9. The summed E-state index contributed by atoms with van der Waals surface area (Å²) in [6.07, 6.45) is 2.92. The van der Waals surface area contributed by atoms with Gasteiger partial charge in [0.2, 0.25) is 0 Å². The SMILES string of the molecule is CCOc1ccc(OCC)c(NCCCCCO)c1. The molecule has 0 bridgehead atoms. The first-order valence-corrected chi connectivity index (χ1v) is 7.06. The average molecular weight is 267 g/mol. The van der Waals surface area contributed by atoms with Crippen LogP contribution < -0.4 is 14.8 Å². The van der Waals surface area contributed by atoms with E-state index in [1.54, 1.807) is 0 Å². The lowest BCUT2D eigenvalue weighted by atomic mass is 10.2. The van der Waals surface area contributed by atoms with Crippen LogP contribution >= 0.6 is 0 Å². The van der Waals surface area contributed by atoms with Gasteiger partial charge in [-0.2, -0.15) is 0 Å². The minimum atomic E-state index is 0.268. The molecular formula is C15H25NO3. The summed E-state index contributed by atoms with van der Waals surface area (Å²) in [5, 5.41) is 12.1. The van der Waals surface area contributed by atoms with Crippen LogP contribution in [0.5, 0.6) is 11.5 Å². The van der Waals surface area contributed by atoms with E-state index in [1.165, 1.54) is 0 Å². The van der Waals surface area contributed by atoms with Gasteiger partial charge in [-0.15, -0.1) is 0 Å². The molecule has 2 N–H and O–H groups in total. The highest BCUT2D eigenvalue weighted by Gasteiger charge is 2.05. The summed E-state index contributed by atoms with van der Waals surface area (Å²) in [5.41, 5.74) is 0.969. The molecule has 1 rings (SSSR count). The second-order valence-corrected chi connectivity index (χ2v) is 4.24. The summed E-state index contributed by atoms with van der Waals surface area (Å²) in [6, 6.07) is 5.83. The highest BCUT2D eigenvalue weighted by molar-refractivity contribution is 5.59. The third-order valence-electron chi connectivity index (χ3n) is 2.71. The normalized spacial score (nSPS) is 10.3. The lowest BCUT2D eigenvalue weighted by molar-refractivity contribution is 0.283. The number of hydrogen-bond acceptors (Lipinski definition) is 4. The molecule has 0 amide bonds. The molecule has 1 aromatic carbocycles. The fourth-order valence-electron chi connectivity index (χ4n) is 1.82. The highest BCUT2D eigenvalue weighted by Crippen LogP contribution is 2.29. The van der Waals surface area contributed by atoms with Crippen LogP contribution in [0, 0.1) is 0 Å². The number of anilines is 1. The molecule has 0 aliphatic heterocycles. The van der Waals surface area contributed by atoms with Crippen LogP contribution in [0.15, 0.2) is 18.2 Å². The smallest absolute Gasteiger partial charge is 0.142 e. The second kappa shape index (κ2) is 9.50. The zero-order chi connectivity index (χ0) is 13.9. The Balaban J connectivity index is 2.57. The van der Waals surface area contributed by atoms with Gasteiger partial charge >= 0.3 is 0 Å². The number of benzene rings is 1. The van der Waals surface area contributed by atoms with E-state index < -0.39 is 0 Å². The number of rotatable bonds is 10. The van der Waals surface area contributed by atoms with Crippen molar-refractivity contribution in [2.75, 3.05) is 31.7 Å². The maximum atomic E-state index is 8.74. The van der Waals surface area contributed by atoms with Crippen molar-refractivity contribution >= 4 is 5.69 Å². The Morgan fingerprint density at radius 2 is 1.84 bits per heavy atom. The molecule has 0 radical (unpaired) electrons. The molecule has 19 heavy (non-hydrogen) atoms. The maximum absolute atomic E-state index is 8.74. The van der Waals surface area contributed by atoms with E-state index in [-0.39, 0.29) is 6.61 Å². The van der Waals surface area contributed by atoms with Gasteiger partial charge in [0.15, 0.2) is 0 Å². The Morgan fingerprint density at radius 1 is 1.05 bits per heavy atom. The van der Waals surface area contributed by atoms with Gasteiger partial charge in [-0.25, -0.2) is 0 Å². The first-order chi connectivity index (χ1) is 9.31. The van der Waals surface area contributed by atoms with Gasteiger partial charge in [0, 0.05) is 19.2 Å². The molecule has 0 aromatic heterocycles. The Kier molecular flexibility index (Phi) is 7.82. The lowest BCUT2D eigenvalue weighted by Gasteiger charge is -2.14. The van der Waals surface area contributed by atoms with Gasteiger partial charge in [0.1, 0.15) is 11.5 Å². The minimum Gasteiger partial charge on any atom is -0.494 e. The second-order valence-electron chi connectivity index (χ2n) is 4.24. The van der Waals surface area contributed by atoms with Crippen molar-refractivity contribution in [3.05, 3.63) is 18.2 Å². The lowest BCUT2D eigenvalue weighted by Crippen LogP contribution is -2.05. The van der Waals surface area contributed by atoms with Gasteiger partial charge in [-0.1, -0.05) is 0 Å². The quantitative estimate of drug-likeness (QED) is 0.640. The van der Waals surface area contributed by atoms with Crippen LogP contribution in [0.3, 0.4) is 0 Å². The Morgan fingerprint density at radius 3 is 2.53 bits per heavy atom. The molecule has 0 aliphatic rings. The standard InChI is InChI=1S/C15H25NO3/c1-3-18-13-8-9-15(19-4-2)14(12-13)16-10-6-5-7-11-17/h8-9,12,16-17H,3-7,10-11H2,1-2H3. The van der Waals surface area contributed by atoms with E-state index in [9.17, 15) is 0 Å². The van der Waals surface area contributed by atoms with E-state index in [2.05, 4.69) is 5.32 Å². The van der Waals surface area contributed by atoms with Gasteiger partial charge in [-0.05, 0) is 45.2 Å². The molecule has 0 atom stereocenters.